The van der Waals surface area contributed by atoms with Gasteiger partial charge in [-0.3, -0.25) is 9.59 Å². The molecule has 4 heteroatoms. The zero-order chi connectivity index (χ0) is 16.8. The number of anilines is 1. The van der Waals surface area contributed by atoms with E-state index in [9.17, 15) is 9.59 Å². The molecule has 0 radical (unpaired) electrons. The monoisotopic (exact) mass is 310 g/mol. The number of rotatable bonds is 5. The van der Waals surface area contributed by atoms with Crippen molar-refractivity contribution in [2.75, 3.05) is 11.9 Å². The lowest BCUT2D eigenvalue weighted by molar-refractivity contribution is -0.121. The van der Waals surface area contributed by atoms with E-state index in [1.807, 2.05) is 50.2 Å². The number of amides is 2. The Hall–Kier alpha value is -2.62. The molecule has 0 spiro atoms. The van der Waals surface area contributed by atoms with E-state index in [0.29, 0.717) is 5.56 Å². The van der Waals surface area contributed by atoms with Gasteiger partial charge in [0.15, 0.2) is 0 Å². The van der Waals surface area contributed by atoms with Crippen LogP contribution < -0.4 is 10.2 Å². The molecule has 0 aromatic heterocycles. The van der Waals surface area contributed by atoms with E-state index >= 15 is 0 Å². The van der Waals surface area contributed by atoms with E-state index in [0.717, 1.165) is 5.69 Å². The standard InChI is InChI=1S/C19H22N2O2/c1-14(2)17(20-18(22)15-10-6-4-7-11-15)19(23)21(3)16-12-8-5-9-13-16/h4-14,17H,1-3H3,(H,20,22). The minimum absolute atomic E-state index is 0.0127. The molecule has 2 rings (SSSR count). The number of para-hydroxylation sites is 1. The summed E-state index contributed by atoms with van der Waals surface area (Å²) >= 11 is 0. The molecule has 2 aromatic carbocycles. The van der Waals surface area contributed by atoms with E-state index in [2.05, 4.69) is 5.32 Å². The first-order valence-corrected chi connectivity index (χ1v) is 7.69. The predicted molar refractivity (Wildman–Crippen MR) is 92.4 cm³/mol. The lowest BCUT2D eigenvalue weighted by Gasteiger charge is -2.27. The third-order valence-corrected chi connectivity index (χ3v) is 3.73. The van der Waals surface area contributed by atoms with Crippen molar-refractivity contribution in [3.05, 3.63) is 66.2 Å². The summed E-state index contributed by atoms with van der Waals surface area (Å²) < 4.78 is 0. The van der Waals surface area contributed by atoms with Gasteiger partial charge < -0.3 is 10.2 Å². The van der Waals surface area contributed by atoms with Crippen molar-refractivity contribution in [1.29, 1.82) is 0 Å². The highest BCUT2D eigenvalue weighted by molar-refractivity contribution is 6.02. The van der Waals surface area contributed by atoms with Crippen LogP contribution in [0.15, 0.2) is 60.7 Å². The van der Waals surface area contributed by atoms with E-state index in [1.165, 1.54) is 0 Å². The largest absolute Gasteiger partial charge is 0.340 e. The minimum Gasteiger partial charge on any atom is -0.340 e. The van der Waals surface area contributed by atoms with E-state index in [4.69, 9.17) is 0 Å². The molecule has 0 aliphatic heterocycles. The van der Waals surface area contributed by atoms with Crippen LogP contribution in [0.2, 0.25) is 0 Å². The molecule has 2 amide bonds. The fourth-order valence-electron chi connectivity index (χ4n) is 2.32. The summed E-state index contributed by atoms with van der Waals surface area (Å²) in [5.41, 5.74) is 1.35. The SMILES string of the molecule is CC(C)C(NC(=O)c1ccccc1)C(=O)N(C)c1ccccc1. The molecule has 0 fully saturated rings. The summed E-state index contributed by atoms with van der Waals surface area (Å²) in [5.74, 6) is -0.379. The summed E-state index contributed by atoms with van der Waals surface area (Å²) in [6.07, 6.45) is 0. The highest BCUT2D eigenvalue weighted by atomic mass is 16.2. The van der Waals surface area contributed by atoms with E-state index < -0.39 is 6.04 Å². The van der Waals surface area contributed by atoms with Crippen molar-refractivity contribution in [3.8, 4) is 0 Å². The van der Waals surface area contributed by atoms with Gasteiger partial charge in [-0.1, -0.05) is 50.2 Å². The van der Waals surface area contributed by atoms with Gasteiger partial charge in [0.1, 0.15) is 6.04 Å². The van der Waals surface area contributed by atoms with Gasteiger partial charge in [0.05, 0.1) is 0 Å². The van der Waals surface area contributed by atoms with Crippen LogP contribution in [0.25, 0.3) is 0 Å². The lowest BCUT2D eigenvalue weighted by atomic mass is 10.0. The Morgan fingerprint density at radius 1 is 0.913 bits per heavy atom. The molecule has 4 nitrogen and oxygen atoms in total. The van der Waals surface area contributed by atoms with Crippen molar-refractivity contribution in [2.24, 2.45) is 5.92 Å². The Labute approximate surface area is 137 Å². The van der Waals surface area contributed by atoms with Crippen LogP contribution in [0.4, 0.5) is 5.69 Å². The second kappa shape index (κ2) is 7.58. The number of hydrogen-bond donors (Lipinski definition) is 1. The van der Waals surface area contributed by atoms with E-state index in [1.54, 1.807) is 36.2 Å². The van der Waals surface area contributed by atoms with Gasteiger partial charge in [-0.25, -0.2) is 0 Å². The van der Waals surface area contributed by atoms with Crippen molar-refractivity contribution in [3.63, 3.8) is 0 Å². The van der Waals surface area contributed by atoms with Gasteiger partial charge in [-0.15, -0.1) is 0 Å². The topological polar surface area (TPSA) is 49.4 Å². The molecule has 0 saturated heterocycles. The molecule has 0 saturated carbocycles. The average Bonchev–Trinajstić information content (AvgIpc) is 2.59. The Morgan fingerprint density at radius 3 is 1.96 bits per heavy atom. The first kappa shape index (κ1) is 16.7. The summed E-state index contributed by atoms with van der Waals surface area (Å²) in [6, 6.07) is 17.8. The number of carbonyl (C=O) groups excluding carboxylic acids is 2. The Balaban J connectivity index is 2.15. The number of hydrogen-bond acceptors (Lipinski definition) is 2. The molecule has 2 aromatic rings. The molecule has 1 unspecified atom stereocenters. The van der Waals surface area contributed by atoms with Crippen LogP contribution in [-0.4, -0.2) is 24.9 Å². The normalized spacial score (nSPS) is 11.8. The third-order valence-electron chi connectivity index (χ3n) is 3.73. The maximum atomic E-state index is 12.8. The van der Waals surface area contributed by atoms with Crippen LogP contribution in [0, 0.1) is 5.92 Å². The summed E-state index contributed by atoms with van der Waals surface area (Å²) in [6.45, 7) is 3.85. The molecule has 23 heavy (non-hydrogen) atoms. The molecule has 1 atom stereocenters. The molecule has 120 valence electrons. The van der Waals surface area contributed by atoms with Gasteiger partial charge in [0.2, 0.25) is 5.91 Å². The second-order valence-electron chi connectivity index (χ2n) is 5.79. The first-order valence-electron chi connectivity index (χ1n) is 7.69. The summed E-state index contributed by atoms with van der Waals surface area (Å²) in [5, 5.41) is 2.85. The summed E-state index contributed by atoms with van der Waals surface area (Å²) in [7, 11) is 1.72. The third kappa shape index (κ3) is 4.19. The second-order valence-corrected chi connectivity index (χ2v) is 5.79. The first-order chi connectivity index (χ1) is 11.0. The number of carbonyl (C=O) groups is 2. The van der Waals surface area contributed by atoms with Gasteiger partial charge >= 0.3 is 0 Å². The fourth-order valence-corrected chi connectivity index (χ4v) is 2.32. The number of nitrogens with zero attached hydrogens (tertiary/aromatic N) is 1. The van der Waals surface area contributed by atoms with Crippen LogP contribution >= 0.6 is 0 Å². The fraction of sp³-hybridized carbons (Fsp3) is 0.263. The van der Waals surface area contributed by atoms with Crippen molar-refractivity contribution in [1.82, 2.24) is 5.32 Å². The predicted octanol–water partition coefficient (Wildman–Crippen LogP) is 3.10. The van der Waals surface area contributed by atoms with Gasteiger partial charge in [-0.05, 0) is 30.2 Å². The molecular weight excluding hydrogens is 288 g/mol. The smallest absolute Gasteiger partial charge is 0.251 e. The highest BCUT2D eigenvalue weighted by Crippen LogP contribution is 2.15. The quantitative estimate of drug-likeness (QED) is 0.922. The number of benzene rings is 2. The Kier molecular flexibility index (Phi) is 5.52. The van der Waals surface area contributed by atoms with Gasteiger partial charge in [0.25, 0.3) is 5.91 Å². The molecule has 0 bridgehead atoms. The van der Waals surface area contributed by atoms with Gasteiger partial charge in [0, 0.05) is 18.3 Å². The maximum Gasteiger partial charge on any atom is 0.251 e. The van der Waals surface area contributed by atoms with Crippen LogP contribution in [0.1, 0.15) is 24.2 Å². The van der Waals surface area contributed by atoms with Crippen LogP contribution in [-0.2, 0) is 4.79 Å². The Morgan fingerprint density at radius 2 is 1.43 bits per heavy atom. The summed E-state index contributed by atoms with van der Waals surface area (Å²) in [4.78, 5) is 26.7. The van der Waals surface area contributed by atoms with Crippen LogP contribution in [0.3, 0.4) is 0 Å². The van der Waals surface area contributed by atoms with Crippen molar-refractivity contribution >= 4 is 17.5 Å². The lowest BCUT2D eigenvalue weighted by Crippen LogP contribution is -2.50. The zero-order valence-electron chi connectivity index (χ0n) is 13.7. The van der Waals surface area contributed by atoms with Gasteiger partial charge in [-0.2, -0.15) is 0 Å². The molecule has 0 heterocycles. The zero-order valence-corrected chi connectivity index (χ0v) is 13.7. The number of nitrogens with one attached hydrogen (secondary N) is 1. The molecule has 0 aliphatic rings. The minimum atomic E-state index is -0.576. The van der Waals surface area contributed by atoms with Crippen molar-refractivity contribution in [2.45, 2.75) is 19.9 Å². The highest BCUT2D eigenvalue weighted by Gasteiger charge is 2.27. The average molecular weight is 310 g/mol. The van der Waals surface area contributed by atoms with E-state index in [-0.39, 0.29) is 17.7 Å². The number of likely N-dealkylation sites (N-methyl/N-ethyl adjacent to an activating group) is 1. The maximum absolute atomic E-state index is 12.8. The molecular formula is C19H22N2O2. The molecule has 0 aliphatic carbocycles. The molecule has 1 N–H and O–H groups in total. The Bertz CT molecular complexity index is 654. The van der Waals surface area contributed by atoms with Crippen LogP contribution in [0.5, 0.6) is 0 Å². The van der Waals surface area contributed by atoms with Crippen molar-refractivity contribution < 1.29 is 9.59 Å².